The van der Waals surface area contributed by atoms with E-state index in [1.807, 2.05) is 13.1 Å². The van der Waals surface area contributed by atoms with Gasteiger partial charge in [0, 0.05) is 12.5 Å². The van der Waals surface area contributed by atoms with Crippen molar-refractivity contribution < 1.29 is 0 Å². The summed E-state index contributed by atoms with van der Waals surface area (Å²) in [5.41, 5.74) is 1.29. The van der Waals surface area contributed by atoms with Gasteiger partial charge in [-0.15, -0.1) is 10.2 Å². The van der Waals surface area contributed by atoms with Crippen molar-refractivity contribution in [3.8, 4) is 0 Å². The van der Waals surface area contributed by atoms with Crippen LogP contribution in [0.4, 0.5) is 0 Å². The Labute approximate surface area is 99.5 Å². The Morgan fingerprint density at radius 2 is 2.00 bits per heavy atom. The smallest absolute Gasteiger partial charge is 0.131 e. The highest BCUT2D eigenvalue weighted by molar-refractivity contribution is 7.11. The normalized spacial score (nSPS) is 12.6. The quantitative estimate of drug-likeness (QED) is 0.881. The van der Waals surface area contributed by atoms with Crippen LogP contribution >= 0.6 is 11.3 Å². The zero-order valence-corrected chi connectivity index (χ0v) is 10.3. The van der Waals surface area contributed by atoms with E-state index < -0.39 is 0 Å². The van der Waals surface area contributed by atoms with Gasteiger partial charge in [0.1, 0.15) is 10.0 Å². The van der Waals surface area contributed by atoms with Crippen molar-refractivity contribution in [3.63, 3.8) is 0 Å². The van der Waals surface area contributed by atoms with E-state index in [4.69, 9.17) is 0 Å². The topological polar surface area (TPSA) is 37.8 Å². The first-order valence-corrected chi connectivity index (χ1v) is 6.14. The largest absolute Gasteiger partial charge is 0.313 e. The van der Waals surface area contributed by atoms with Gasteiger partial charge < -0.3 is 5.32 Å². The molecule has 84 valence electrons. The fourth-order valence-corrected chi connectivity index (χ4v) is 2.48. The Balaban J connectivity index is 2.17. The third-order valence-electron chi connectivity index (χ3n) is 2.48. The highest BCUT2D eigenvalue weighted by atomic mass is 32.1. The molecule has 2 rings (SSSR count). The van der Waals surface area contributed by atoms with E-state index in [0.717, 1.165) is 16.6 Å². The summed E-state index contributed by atoms with van der Waals surface area (Å²) in [6.45, 7) is 2.96. The number of benzene rings is 1. The fourth-order valence-electron chi connectivity index (χ4n) is 1.55. The molecule has 4 heteroatoms. The molecule has 0 saturated heterocycles. The molecular formula is C12H15N3S. The van der Waals surface area contributed by atoms with Gasteiger partial charge in [0.2, 0.25) is 0 Å². The van der Waals surface area contributed by atoms with Crippen LogP contribution < -0.4 is 5.32 Å². The van der Waals surface area contributed by atoms with Crippen LogP contribution in [0.3, 0.4) is 0 Å². The minimum Gasteiger partial charge on any atom is -0.313 e. The number of nitrogens with zero attached hydrogens (tertiary/aromatic N) is 2. The predicted molar refractivity (Wildman–Crippen MR) is 66.6 cm³/mol. The van der Waals surface area contributed by atoms with Crippen molar-refractivity contribution in [2.24, 2.45) is 0 Å². The summed E-state index contributed by atoms with van der Waals surface area (Å²) in [6, 6.07) is 10.4. The first kappa shape index (κ1) is 11.2. The molecule has 1 unspecified atom stereocenters. The Hall–Kier alpha value is -1.26. The second-order valence-electron chi connectivity index (χ2n) is 3.70. The number of hydrogen-bond acceptors (Lipinski definition) is 4. The van der Waals surface area contributed by atoms with Gasteiger partial charge in [0.15, 0.2) is 0 Å². The van der Waals surface area contributed by atoms with Crippen molar-refractivity contribution >= 4 is 11.3 Å². The van der Waals surface area contributed by atoms with Crippen LogP contribution in [0.2, 0.25) is 0 Å². The van der Waals surface area contributed by atoms with Gasteiger partial charge in [0.25, 0.3) is 0 Å². The number of rotatable bonds is 4. The van der Waals surface area contributed by atoms with E-state index in [-0.39, 0.29) is 0 Å². The summed E-state index contributed by atoms with van der Waals surface area (Å²) in [6.07, 6.45) is 0. The van der Waals surface area contributed by atoms with Gasteiger partial charge in [-0.05, 0) is 12.6 Å². The lowest BCUT2D eigenvalue weighted by atomic mass is 10.0. The molecule has 3 nitrogen and oxygen atoms in total. The lowest BCUT2D eigenvalue weighted by Gasteiger charge is -2.06. The minimum atomic E-state index is 0.323. The van der Waals surface area contributed by atoms with E-state index in [1.165, 1.54) is 5.56 Å². The molecule has 1 aromatic heterocycles. The maximum Gasteiger partial charge on any atom is 0.131 e. The molecule has 0 radical (unpaired) electrons. The average molecular weight is 233 g/mol. The number of aromatic nitrogens is 2. The highest BCUT2D eigenvalue weighted by Gasteiger charge is 2.13. The molecule has 1 N–H and O–H groups in total. The Bertz CT molecular complexity index is 439. The maximum atomic E-state index is 4.24. The Morgan fingerprint density at radius 1 is 1.25 bits per heavy atom. The van der Waals surface area contributed by atoms with Gasteiger partial charge >= 0.3 is 0 Å². The van der Waals surface area contributed by atoms with Crippen molar-refractivity contribution in [1.29, 1.82) is 0 Å². The molecule has 0 saturated carbocycles. The van der Waals surface area contributed by atoms with Gasteiger partial charge in [-0.25, -0.2) is 0 Å². The Morgan fingerprint density at radius 3 is 2.69 bits per heavy atom. The lowest BCUT2D eigenvalue weighted by molar-refractivity contribution is 0.785. The van der Waals surface area contributed by atoms with Gasteiger partial charge in [0.05, 0.1) is 0 Å². The summed E-state index contributed by atoms with van der Waals surface area (Å²) in [7, 11) is 1.92. The SMILES string of the molecule is CNCc1nnc(C(C)c2ccccc2)s1. The summed E-state index contributed by atoms with van der Waals surface area (Å²) >= 11 is 1.68. The molecule has 2 aromatic rings. The third kappa shape index (κ3) is 2.46. The average Bonchev–Trinajstić information content (AvgIpc) is 2.78. The highest BCUT2D eigenvalue weighted by Crippen LogP contribution is 2.26. The van der Waals surface area contributed by atoms with E-state index >= 15 is 0 Å². The van der Waals surface area contributed by atoms with E-state index in [1.54, 1.807) is 11.3 Å². The van der Waals surface area contributed by atoms with E-state index in [9.17, 15) is 0 Å². The molecule has 16 heavy (non-hydrogen) atoms. The second kappa shape index (κ2) is 5.18. The van der Waals surface area contributed by atoms with Crippen LogP contribution in [-0.2, 0) is 6.54 Å². The standard InChI is InChI=1S/C12H15N3S/c1-9(10-6-4-3-5-7-10)12-15-14-11(16-12)8-13-2/h3-7,9,13H,8H2,1-2H3. The van der Waals surface area contributed by atoms with Gasteiger partial charge in [-0.3, -0.25) is 0 Å². The van der Waals surface area contributed by atoms with Crippen molar-refractivity contribution in [3.05, 3.63) is 45.9 Å². The van der Waals surface area contributed by atoms with Crippen LogP contribution in [0.5, 0.6) is 0 Å². The molecule has 0 amide bonds. The number of nitrogens with one attached hydrogen (secondary N) is 1. The van der Waals surface area contributed by atoms with Gasteiger partial charge in [-0.1, -0.05) is 48.6 Å². The second-order valence-corrected chi connectivity index (χ2v) is 4.79. The van der Waals surface area contributed by atoms with Gasteiger partial charge in [-0.2, -0.15) is 0 Å². The molecule has 1 aromatic carbocycles. The number of hydrogen-bond donors (Lipinski definition) is 1. The summed E-state index contributed by atoms with van der Waals surface area (Å²) < 4.78 is 0. The monoisotopic (exact) mass is 233 g/mol. The first-order valence-electron chi connectivity index (χ1n) is 5.33. The molecule has 0 fully saturated rings. The predicted octanol–water partition coefficient (Wildman–Crippen LogP) is 2.41. The minimum absolute atomic E-state index is 0.323. The van der Waals surface area contributed by atoms with Crippen LogP contribution in [-0.4, -0.2) is 17.2 Å². The summed E-state index contributed by atoms with van der Waals surface area (Å²) in [4.78, 5) is 0. The van der Waals surface area contributed by atoms with E-state index in [2.05, 4.69) is 46.7 Å². The van der Waals surface area contributed by atoms with Crippen LogP contribution in [0.15, 0.2) is 30.3 Å². The maximum absolute atomic E-state index is 4.24. The molecular weight excluding hydrogens is 218 g/mol. The molecule has 0 aliphatic carbocycles. The fraction of sp³-hybridized carbons (Fsp3) is 0.333. The summed E-state index contributed by atoms with van der Waals surface area (Å²) in [5.74, 6) is 0.323. The third-order valence-corrected chi connectivity index (χ3v) is 3.59. The lowest BCUT2D eigenvalue weighted by Crippen LogP contribution is -2.04. The first-order chi connectivity index (χ1) is 7.81. The molecule has 1 atom stereocenters. The molecule has 0 bridgehead atoms. The van der Waals surface area contributed by atoms with Crippen molar-refractivity contribution in [2.45, 2.75) is 19.4 Å². The zero-order chi connectivity index (χ0) is 11.4. The summed E-state index contributed by atoms with van der Waals surface area (Å²) in [5, 5.41) is 13.6. The Kier molecular flexibility index (Phi) is 3.64. The van der Waals surface area contributed by atoms with Crippen LogP contribution in [0.25, 0.3) is 0 Å². The van der Waals surface area contributed by atoms with Crippen molar-refractivity contribution in [1.82, 2.24) is 15.5 Å². The van der Waals surface area contributed by atoms with Crippen LogP contribution in [0.1, 0.15) is 28.4 Å². The van der Waals surface area contributed by atoms with Crippen molar-refractivity contribution in [2.75, 3.05) is 7.05 Å². The molecule has 0 aliphatic rings. The zero-order valence-electron chi connectivity index (χ0n) is 9.47. The van der Waals surface area contributed by atoms with Crippen LogP contribution in [0, 0.1) is 0 Å². The molecule has 0 aliphatic heterocycles. The molecule has 0 spiro atoms. The molecule has 1 heterocycles. The van der Waals surface area contributed by atoms with E-state index in [0.29, 0.717) is 5.92 Å².